The SMILES string of the molecule is COc1cccc2cc(C(=O)C3=C(O)C(=O)N(c4ccc(C)c(C)c4)C3c3ccc(OC(C)=O)cc3)oc12. The van der Waals surface area contributed by atoms with E-state index in [1.807, 2.05) is 26.0 Å². The first-order chi connectivity index (χ1) is 18.2. The Morgan fingerprint density at radius 1 is 0.974 bits per heavy atom. The number of methoxy groups -OCH3 is 1. The number of rotatable bonds is 6. The smallest absolute Gasteiger partial charge is 0.308 e. The van der Waals surface area contributed by atoms with Gasteiger partial charge in [0, 0.05) is 18.0 Å². The summed E-state index contributed by atoms with van der Waals surface area (Å²) in [5.74, 6) is -1.74. The molecule has 0 spiro atoms. The molecular formula is C30H25NO7. The quantitative estimate of drug-likeness (QED) is 0.199. The topological polar surface area (TPSA) is 106 Å². The van der Waals surface area contributed by atoms with Gasteiger partial charge in [0.2, 0.25) is 5.78 Å². The number of anilines is 1. The van der Waals surface area contributed by atoms with Crippen molar-refractivity contribution in [3.63, 3.8) is 0 Å². The third-order valence-corrected chi connectivity index (χ3v) is 6.63. The van der Waals surface area contributed by atoms with Crippen LogP contribution in [-0.4, -0.2) is 29.9 Å². The van der Waals surface area contributed by atoms with Gasteiger partial charge in [-0.15, -0.1) is 0 Å². The molecule has 0 saturated heterocycles. The number of benzene rings is 3. The Labute approximate surface area is 218 Å². The van der Waals surface area contributed by atoms with Gasteiger partial charge < -0.3 is 19.0 Å². The molecule has 0 bridgehead atoms. The number of amides is 1. The number of carbonyl (C=O) groups excluding carboxylic acids is 3. The fraction of sp³-hybridized carbons (Fsp3) is 0.167. The van der Waals surface area contributed by atoms with Gasteiger partial charge >= 0.3 is 5.97 Å². The summed E-state index contributed by atoms with van der Waals surface area (Å²) in [4.78, 5) is 40.1. The van der Waals surface area contributed by atoms with Crippen molar-refractivity contribution in [3.8, 4) is 11.5 Å². The van der Waals surface area contributed by atoms with Crippen LogP contribution in [0.15, 0.2) is 82.5 Å². The average Bonchev–Trinajstić information content (AvgIpc) is 3.45. The molecule has 3 aromatic carbocycles. The monoisotopic (exact) mass is 511 g/mol. The summed E-state index contributed by atoms with van der Waals surface area (Å²) in [5.41, 5.74) is 3.30. The van der Waals surface area contributed by atoms with Crippen LogP contribution in [0.2, 0.25) is 0 Å². The van der Waals surface area contributed by atoms with Crippen molar-refractivity contribution in [1.29, 1.82) is 0 Å². The molecule has 4 aromatic rings. The number of aliphatic hydroxyl groups excluding tert-OH is 1. The molecule has 0 aliphatic carbocycles. The van der Waals surface area contributed by atoms with Crippen molar-refractivity contribution in [3.05, 3.63) is 101 Å². The van der Waals surface area contributed by atoms with E-state index in [9.17, 15) is 19.5 Å². The highest BCUT2D eigenvalue weighted by Gasteiger charge is 2.45. The number of ether oxygens (including phenoxy) is 2. The second-order valence-corrected chi connectivity index (χ2v) is 9.09. The van der Waals surface area contributed by atoms with E-state index in [0.29, 0.717) is 33.7 Å². The van der Waals surface area contributed by atoms with E-state index in [4.69, 9.17) is 13.9 Å². The van der Waals surface area contributed by atoms with Gasteiger partial charge in [0.15, 0.2) is 22.9 Å². The fourth-order valence-electron chi connectivity index (χ4n) is 4.62. The Bertz CT molecular complexity index is 1630. The first-order valence-corrected chi connectivity index (χ1v) is 11.9. The van der Waals surface area contributed by atoms with Gasteiger partial charge in [0.25, 0.3) is 5.91 Å². The Morgan fingerprint density at radius 2 is 1.71 bits per heavy atom. The molecule has 192 valence electrons. The lowest BCUT2D eigenvalue weighted by molar-refractivity contribution is -0.131. The summed E-state index contributed by atoms with van der Waals surface area (Å²) < 4.78 is 16.3. The second-order valence-electron chi connectivity index (χ2n) is 9.09. The van der Waals surface area contributed by atoms with Gasteiger partial charge in [0.1, 0.15) is 5.75 Å². The van der Waals surface area contributed by atoms with Gasteiger partial charge in [-0.1, -0.05) is 30.3 Å². The fourth-order valence-corrected chi connectivity index (χ4v) is 4.62. The van der Waals surface area contributed by atoms with Crippen molar-refractivity contribution in [2.75, 3.05) is 12.0 Å². The van der Waals surface area contributed by atoms with Gasteiger partial charge in [-0.05, 0) is 66.9 Å². The molecule has 0 saturated carbocycles. The minimum atomic E-state index is -0.960. The molecule has 1 aliphatic heterocycles. The molecule has 8 nitrogen and oxygen atoms in total. The second kappa shape index (κ2) is 9.55. The highest BCUT2D eigenvalue weighted by molar-refractivity contribution is 6.20. The maximum absolute atomic E-state index is 13.9. The number of carbonyl (C=O) groups is 3. The Hall–Kier alpha value is -4.85. The minimum Gasteiger partial charge on any atom is -0.503 e. The number of aliphatic hydroxyl groups is 1. The Morgan fingerprint density at radius 3 is 2.37 bits per heavy atom. The number of para-hydroxylation sites is 1. The molecule has 1 amide bonds. The van der Waals surface area contributed by atoms with E-state index in [1.54, 1.807) is 54.6 Å². The third-order valence-electron chi connectivity index (χ3n) is 6.63. The van der Waals surface area contributed by atoms with Crippen molar-refractivity contribution < 1.29 is 33.4 Å². The number of hydrogen-bond acceptors (Lipinski definition) is 7. The van der Waals surface area contributed by atoms with Crippen LogP contribution in [-0.2, 0) is 9.59 Å². The maximum Gasteiger partial charge on any atom is 0.308 e. The summed E-state index contributed by atoms with van der Waals surface area (Å²) in [6.45, 7) is 5.17. The molecule has 0 radical (unpaired) electrons. The predicted molar refractivity (Wildman–Crippen MR) is 141 cm³/mol. The highest BCUT2D eigenvalue weighted by atomic mass is 16.5. The molecule has 1 unspecified atom stereocenters. The molecule has 38 heavy (non-hydrogen) atoms. The number of furan rings is 1. The maximum atomic E-state index is 13.9. The number of Topliss-reactive ketones (excluding diaryl/α,β-unsaturated/α-hetero) is 1. The van der Waals surface area contributed by atoms with Gasteiger partial charge in [-0.3, -0.25) is 19.3 Å². The van der Waals surface area contributed by atoms with E-state index in [2.05, 4.69) is 0 Å². The normalized spacial score (nSPS) is 15.3. The molecule has 8 heteroatoms. The van der Waals surface area contributed by atoms with Crippen LogP contribution in [0.1, 0.15) is 40.2 Å². The molecule has 0 fully saturated rings. The van der Waals surface area contributed by atoms with Crippen LogP contribution in [0.5, 0.6) is 11.5 Å². The van der Waals surface area contributed by atoms with E-state index in [0.717, 1.165) is 11.1 Å². The molecular weight excluding hydrogens is 486 g/mol. The van der Waals surface area contributed by atoms with Crippen LogP contribution in [0.25, 0.3) is 11.0 Å². The van der Waals surface area contributed by atoms with Gasteiger partial charge in [0.05, 0.1) is 18.7 Å². The summed E-state index contributed by atoms with van der Waals surface area (Å²) in [5, 5.41) is 11.7. The van der Waals surface area contributed by atoms with Crippen molar-refractivity contribution >= 4 is 34.3 Å². The average molecular weight is 512 g/mol. The van der Waals surface area contributed by atoms with Crippen molar-refractivity contribution in [1.82, 2.24) is 0 Å². The first kappa shape index (κ1) is 24.8. The number of ketones is 1. The summed E-state index contributed by atoms with van der Waals surface area (Å²) in [7, 11) is 1.50. The van der Waals surface area contributed by atoms with Gasteiger partial charge in [-0.2, -0.15) is 0 Å². The van der Waals surface area contributed by atoms with E-state index < -0.39 is 29.5 Å². The van der Waals surface area contributed by atoms with E-state index in [-0.39, 0.29) is 11.3 Å². The number of esters is 1. The summed E-state index contributed by atoms with van der Waals surface area (Å²) in [6, 6.07) is 17.8. The number of hydrogen-bond donors (Lipinski definition) is 1. The number of aryl methyl sites for hydroxylation is 2. The zero-order chi connectivity index (χ0) is 27.1. The van der Waals surface area contributed by atoms with Crippen molar-refractivity contribution in [2.45, 2.75) is 26.8 Å². The van der Waals surface area contributed by atoms with E-state index in [1.165, 1.54) is 18.9 Å². The molecule has 1 aliphatic rings. The zero-order valence-corrected chi connectivity index (χ0v) is 21.3. The lowest BCUT2D eigenvalue weighted by atomic mass is 9.94. The predicted octanol–water partition coefficient (Wildman–Crippen LogP) is 5.77. The lowest BCUT2D eigenvalue weighted by Gasteiger charge is -2.27. The Balaban J connectivity index is 1.64. The van der Waals surface area contributed by atoms with Crippen LogP contribution in [0.3, 0.4) is 0 Å². The van der Waals surface area contributed by atoms with E-state index >= 15 is 0 Å². The first-order valence-electron chi connectivity index (χ1n) is 11.9. The van der Waals surface area contributed by atoms with Crippen LogP contribution in [0.4, 0.5) is 5.69 Å². The standard InChI is InChI=1S/C30H25NO7/c1-16-8-11-21(14-17(16)2)31-26(19-9-12-22(13-10-19)37-18(3)32)25(28(34)30(31)35)27(33)24-15-20-6-5-7-23(36-4)29(20)38-24/h5-15,26,34H,1-4H3. The largest absolute Gasteiger partial charge is 0.503 e. The number of fused-ring (bicyclic) bond motifs is 1. The third kappa shape index (κ3) is 4.20. The molecule has 5 rings (SSSR count). The summed E-state index contributed by atoms with van der Waals surface area (Å²) >= 11 is 0. The zero-order valence-electron chi connectivity index (χ0n) is 21.3. The molecule has 2 heterocycles. The van der Waals surface area contributed by atoms with Crippen LogP contribution >= 0.6 is 0 Å². The summed E-state index contributed by atoms with van der Waals surface area (Å²) in [6.07, 6.45) is 0. The Kier molecular flexibility index (Phi) is 6.24. The molecule has 1 aromatic heterocycles. The molecule has 1 atom stereocenters. The molecule has 1 N–H and O–H groups in total. The van der Waals surface area contributed by atoms with Crippen LogP contribution in [0, 0.1) is 13.8 Å². The highest BCUT2D eigenvalue weighted by Crippen LogP contribution is 2.43. The van der Waals surface area contributed by atoms with Crippen LogP contribution < -0.4 is 14.4 Å². The van der Waals surface area contributed by atoms with Crippen molar-refractivity contribution in [2.24, 2.45) is 0 Å². The lowest BCUT2D eigenvalue weighted by Crippen LogP contribution is -2.31. The number of nitrogens with zero attached hydrogens (tertiary/aromatic N) is 1. The van der Waals surface area contributed by atoms with Gasteiger partial charge in [-0.25, -0.2) is 0 Å². The minimum absolute atomic E-state index is 0.0395.